The molecule has 0 fully saturated rings. The van der Waals surface area contributed by atoms with Crippen LogP contribution >= 0.6 is 23.2 Å². The fourth-order valence-electron chi connectivity index (χ4n) is 1.93. The van der Waals surface area contributed by atoms with Gasteiger partial charge in [0.05, 0.1) is 29.2 Å². The number of rotatable bonds is 7. The molecule has 0 bridgehead atoms. The summed E-state index contributed by atoms with van der Waals surface area (Å²) in [7, 11) is 0. The Kier molecular flexibility index (Phi) is 7.65. The summed E-state index contributed by atoms with van der Waals surface area (Å²) in [6.07, 6.45) is 0.670. The molecular formula is C15H20Cl2N2O3. The fourth-order valence-corrected chi connectivity index (χ4v) is 2.22. The highest BCUT2D eigenvalue weighted by atomic mass is 35.5. The van der Waals surface area contributed by atoms with Crippen LogP contribution in [-0.2, 0) is 4.79 Å². The number of hydrogen-bond donors (Lipinski definition) is 3. The lowest BCUT2D eigenvalue weighted by molar-refractivity contribution is -0.121. The minimum atomic E-state index is -0.418. The topological polar surface area (TPSA) is 78.4 Å². The van der Waals surface area contributed by atoms with E-state index < -0.39 is 5.91 Å². The third-order valence-electron chi connectivity index (χ3n) is 2.93. The summed E-state index contributed by atoms with van der Waals surface area (Å²) in [5.74, 6) is -0.422. The summed E-state index contributed by atoms with van der Waals surface area (Å²) >= 11 is 11.6. The lowest BCUT2D eigenvalue weighted by Crippen LogP contribution is -2.44. The standard InChI is InChI=1S/C15H20Cl2N2O3/c1-9(2)5-11(8-20)19-14(21)7-18-15(22)10-3-4-12(16)13(17)6-10/h3-4,6,9,11,20H,5,7-8H2,1-2H3,(H,18,22)(H,19,21). The van der Waals surface area contributed by atoms with Crippen molar-refractivity contribution >= 4 is 35.0 Å². The van der Waals surface area contributed by atoms with Gasteiger partial charge in [-0.2, -0.15) is 0 Å². The summed E-state index contributed by atoms with van der Waals surface area (Å²) < 4.78 is 0. The molecule has 2 amide bonds. The van der Waals surface area contributed by atoms with Crippen molar-refractivity contribution in [3.05, 3.63) is 33.8 Å². The van der Waals surface area contributed by atoms with Crippen molar-refractivity contribution in [3.63, 3.8) is 0 Å². The Balaban J connectivity index is 2.49. The number of carbonyl (C=O) groups is 2. The van der Waals surface area contributed by atoms with Gasteiger partial charge in [0.15, 0.2) is 0 Å². The Bertz CT molecular complexity index is 536. The number of amides is 2. The minimum absolute atomic E-state index is 0.134. The number of aliphatic hydroxyl groups excluding tert-OH is 1. The molecule has 0 radical (unpaired) electrons. The molecule has 0 aliphatic carbocycles. The molecule has 0 aromatic heterocycles. The van der Waals surface area contributed by atoms with Crippen LogP contribution in [-0.4, -0.2) is 36.1 Å². The Morgan fingerprint density at radius 2 is 1.91 bits per heavy atom. The molecule has 1 aromatic carbocycles. The van der Waals surface area contributed by atoms with Crippen LogP contribution < -0.4 is 10.6 Å². The molecule has 0 spiro atoms. The van der Waals surface area contributed by atoms with E-state index in [0.29, 0.717) is 22.9 Å². The van der Waals surface area contributed by atoms with Gasteiger partial charge in [-0.1, -0.05) is 37.0 Å². The molecule has 0 saturated carbocycles. The molecule has 1 aromatic rings. The van der Waals surface area contributed by atoms with Crippen LogP contribution in [0.3, 0.4) is 0 Å². The van der Waals surface area contributed by atoms with Crippen LogP contribution in [0.2, 0.25) is 10.0 Å². The second kappa shape index (κ2) is 8.98. The van der Waals surface area contributed by atoms with E-state index in [1.165, 1.54) is 18.2 Å². The van der Waals surface area contributed by atoms with Crippen LogP contribution in [0.15, 0.2) is 18.2 Å². The van der Waals surface area contributed by atoms with Crippen molar-refractivity contribution in [1.29, 1.82) is 0 Å². The first kappa shape index (κ1) is 18.7. The van der Waals surface area contributed by atoms with Gasteiger partial charge in [0.1, 0.15) is 0 Å². The number of carbonyl (C=O) groups excluding carboxylic acids is 2. The summed E-state index contributed by atoms with van der Waals surface area (Å²) in [5, 5.41) is 15.0. The molecule has 0 heterocycles. The molecule has 1 rings (SSSR count). The third kappa shape index (κ3) is 6.22. The van der Waals surface area contributed by atoms with Crippen LogP contribution in [0.4, 0.5) is 0 Å². The van der Waals surface area contributed by atoms with Gasteiger partial charge in [-0.05, 0) is 30.5 Å². The van der Waals surface area contributed by atoms with Crippen LogP contribution in [0, 0.1) is 5.92 Å². The molecule has 122 valence electrons. The van der Waals surface area contributed by atoms with Crippen LogP contribution in [0.1, 0.15) is 30.6 Å². The molecule has 1 atom stereocenters. The lowest BCUT2D eigenvalue weighted by atomic mass is 10.0. The van der Waals surface area contributed by atoms with Crippen molar-refractivity contribution in [1.82, 2.24) is 10.6 Å². The van der Waals surface area contributed by atoms with E-state index in [1.807, 2.05) is 13.8 Å². The summed E-state index contributed by atoms with van der Waals surface area (Å²) in [6, 6.07) is 4.17. The minimum Gasteiger partial charge on any atom is -0.394 e. The molecule has 0 aliphatic heterocycles. The first-order chi connectivity index (χ1) is 10.3. The summed E-state index contributed by atoms with van der Waals surface area (Å²) in [6.45, 7) is 3.69. The van der Waals surface area contributed by atoms with E-state index in [9.17, 15) is 14.7 Å². The van der Waals surface area contributed by atoms with E-state index in [-0.39, 0.29) is 30.1 Å². The number of aliphatic hydroxyl groups is 1. The van der Waals surface area contributed by atoms with E-state index in [4.69, 9.17) is 23.2 Å². The summed E-state index contributed by atoms with van der Waals surface area (Å²) in [5.41, 5.74) is 0.322. The number of nitrogens with one attached hydrogen (secondary N) is 2. The highest BCUT2D eigenvalue weighted by Gasteiger charge is 2.14. The third-order valence-corrected chi connectivity index (χ3v) is 3.67. The van der Waals surface area contributed by atoms with Gasteiger partial charge >= 0.3 is 0 Å². The maximum Gasteiger partial charge on any atom is 0.251 e. The van der Waals surface area contributed by atoms with Crippen molar-refractivity contribution < 1.29 is 14.7 Å². The van der Waals surface area contributed by atoms with Crippen molar-refractivity contribution in [2.75, 3.05) is 13.2 Å². The zero-order chi connectivity index (χ0) is 16.7. The predicted octanol–water partition coefficient (Wildman–Crippen LogP) is 2.25. The molecule has 7 heteroatoms. The summed E-state index contributed by atoms with van der Waals surface area (Å²) in [4.78, 5) is 23.7. The monoisotopic (exact) mass is 346 g/mol. The molecule has 0 saturated heterocycles. The van der Waals surface area contributed by atoms with E-state index >= 15 is 0 Å². The average molecular weight is 347 g/mol. The number of benzene rings is 1. The Morgan fingerprint density at radius 3 is 2.45 bits per heavy atom. The molecule has 3 N–H and O–H groups in total. The molecule has 1 unspecified atom stereocenters. The van der Waals surface area contributed by atoms with Gasteiger partial charge in [0, 0.05) is 5.56 Å². The Hall–Kier alpha value is -1.30. The highest BCUT2D eigenvalue weighted by Crippen LogP contribution is 2.22. The highest BCUT2D eigenvalue weighted by molar-refractivity contribution is 6.42. The van der Waals surface area contributed by atoms with E-state index in [2.05, 4.69) is 10.6 Å². The zero-order valence-corrected chi connectivity index (χ0v) is 14.0. The average Bonchev–Trinajstić information content (AvgIpc) is 2.46. The quantitative estimate of drug-likeness (QED) is 0.708. The van der Waals surface area contributed by atoms with E-state index in [1.54, 1.807) is 0 Å². The second-order valence-corrected chi connectivity index (χ2v) is 6.20. The molecule has 22 heavy (non-hydrogen) atoms. The first-order valence-electron chi connectivity index (χ1n) is 6.97. The molecule has 5 nitrogen and oxygen atoms in total. The molecule has 0 aliphatic rings. The van der Waals surface area contributed by atoms with Gasteiger partial charge in [0.2, 0.25) is 5.91 Å². The molecular weight excluding hydrogens is 327 g/mol. The SMILES string of the molecule is CC(C)CC(CO)NC(=O)CNC(=O)c1ccc(Cl)c(Cl)c1. The van der Waals surface area contributed by atoms with E-state index in [0.717, 1.165) is 0 Å². The van der Waals surface area contributed by atoms with Gasteiger partial charge in [-0.15, -0.1) is 0 Å². The first-order valence-corrected chi connectivity index (χ1v) is 7.72. The Labute approximate surface area is 140 Å². The van der Waals surface area contributed by atoms with Gasteiger partial charge in [0.25, 0.3) is 5.91 Å². The van der Waals surface area contributed by atoms with Gasteiger partial charge in [-0.3, -0.25) is 9.59 Å². The van der Waals surface area contributed by atoms with Crippen molar-refractivity contribution in [2.45, 2.75) is 26.3 Å². The smallest absolute Gasteiger partial charge is 0.251 e. The van der Waals surface area contributed by atoms with Crippen molar-refractivity contribution in [3.8, 4) is 0 Å². The number of hydrogen-bond acceptors (Lipinski definition) is 3. The fraction of sp³-hybridized carbons (Fsp3) is 0.467. The van der Waals surface area contributed by atoms with Gasteiger partial charge < -0.3 is 15.7 Å². The lowest BCUT2D eigenvalue weighted by Gasteiger charge is -2.18. The second-order valence-electron chi connectivity index (χ2n) is 5.39. The van der Waals surface area contributed by atoms with Crippen LogP contribution in [0.25, 0.3) is 0 Å². The maximum absolute atomic E-state index is 11.9. The maximum atomic E-state index is 11.9. The van der Waals surface area contributed by atoms with Crippen LogP contribution in [0.5, 0.6) is 0 Å². The Morgan fingerprint density at radius 1 is 1.23 bits per heavy atom. The van der Waals surface area contributed by atoms with Gasteiger partial charge in [-0.25, -0.2) is 0 Å². The normalized spacial score (nSPS) is 12.1. The number of halogens is 2. The zero-order valence-electron chi connectivity index (χ0n) is 12.5. The van der Waals surface area contributed by atoms with Crippen molar-refractivity contribution in [2.24, 2.45) is 5.92 Å². The largest absolute Gasteiger partial charge is 0.394 e. The predicted molar refractivity (Wildman–Crippen MR) is 87.3 cm³/mol.